The van der Waals surface area contributed by atoms with Crippen LogP contribution in [0.1, 0.15) is 25.0 Å². The fraction of sp³-hybridized carbons (Fsp3) is 0.500. The maximum Gasteiger partial charge on any atom is 0.119 e. The highest BCUT2D eigenvalue weighted by Crippen LogP contribution is 2.40. The van der Waals surface area contributed by atoms with E-state index in [1.165, 1.54) is 0 Å². The van der Waals surface area contributed by atoms with Crippen LogP contribution in [0.15, 0.2) is 24.3 Å². The van der Waals surface area contributed by atoms with Crippen molar-refractivity contribution < 1.29 is 14.6 Å². The van der Waals surface area contributed by atoms with Gasteiger partial charge in [-0.1, -0.05) is 12.1 Å². The van der Waals surface area contributed by atoms with Crippen molar-refractivity contribution in [2.45, 2.75) is 19.4 Å². The van der Waals surface area contributed by atoms with Crippen LogP contribution >= 0.6 is 0 Å². The highest BCUT2D eigenvalue weighted by atomic mass is 16.5. The van der Waals surface area contributed by atoms with Gasteiger partial charge >= 0.3 is 0 Å². The Morgan fingerprint density at radius 1 is 1.50 bits per heavy atom. The van der Waals surface area contributed by atoms with Crippen LogP contribution in [0.5, 0.6) is 5.75 Å². The molecule has 18 heavy (non-hydrogen) atoms. The van der Waals surface area contributed by atoms with E-state index < -0.39 is 11.5 Å². The Balaban J connectivity index is 2.18. The Labute approximate surface area is 107 Å². The molecule has 0 aliphatic carbocycles. The largest absolute Gasteiger partial charge is 0.494 e. The van der Waals surface area contributed by atoms with E-state index in [9.17, 15) is 10.4 Å². The molecule has 1 aromatic rings. The number of rotatable bonds is 4. The minimum Gasteiger partial charge on any atom is -0.494 e. The minimum absolute atomic E-state index is 0.290. The zero-order valence-corrected chi connectivity index (χ0v) is 10.4. The lowest BCUT2D eigenvalue weighted by Gasteiger charge is -2.25. The van der Waals surface area contributed by atoms with E-state index in [0.29, 0.717) is 19.6 Å². The summed E-state index contributed by atoms with van der Waals surface area (Å²) in [6, 6.07) is 9.42. The van der Waals surface area contributed by atoms with Crippen molar-refractivity contribution in [1.29, 1.82) is 5.26 Å². The van der Waals surface area contributed by atoms with Crippen LogP contribution in [0.25, 0.3) is 0 Å². The second kappa shape index (κ2) is 5.38. The Kier molecular flexibility index (Phi) is 3.85. The first-order valence-electron chi connectivity index (χ1n) is 6.11. The SMILES string of the molecule is CCOc1ccc(C(O)C2(C#N)CCOC2)cc1. The molecule has 1 heterocycles. The molecule has 0 aromatic heterocycles. The summed E-state index contributed by atoms with van der Waals surface area (Å²) in [5.41, 5.74) is -0.0851. The summed E-state index contributed by atoms with van der Waals surface area (Å²) in [7, 11) is 0. The number of nitrogens with zero attached hydrogens (tertiary/aromatic N) is 1. The van der Waals surface area contributed by atoms with Crippen LogP contribution < -0.4 is 4.74 Å². The van der Waals surface area contributed by atoms with Gasteiger partial charge in [0.15, 0.2) is 0 Å². The molecule has 1 N–H and O–H groups in total. The molecule has 0 bridgehead atoms. The first kappa shape index (κ1) is 12.9. The van der Waals surface area contributed by atoms with Crippen molar-refractivity contribution in [3.8, 4) is 11.8 Å². The number of aliphatic hydroxyl groups is 1. The van der Waals surface area contributed by atoms with Crippen LogP contribution in [0.2, 0.25) is 0 Å². The van der Waals surface area contributed by atoms with Gasteiger partial charge in [0.2, 0.25) is 0 Å². The maximum absolute atomic E-state index is 10.3. The summed E-state index contributed by atoms with van der Waals surface area (Å²) in [6.45, 7) is 3.35. The van der Waals surface area contributed by atoms with Gasteiger partial charge in [0.25, 0.3) is 0 Å². The lowest BCUT2D eigenvalue weighted by molar-refractivity contribution is 0.0504. The molecule has 1 aromatic carbocycles. The molecule has 0 radical (unpaired) electrons. The standard InChI is InChI=1S/C14H17NO3/c1-2-18-12-5-3-11(4-6-12)13(16)14(9-15)7-8-17-10-14/h3-6,13,16H,2,7-8,10H2,1H3. The molecule has 2 rings (SSSR count). The Morgan fingerprint density at radius 3 is 2.72 bits per heavy atom. The Bertz CT molecular complexity index is 429. The van der Waals surface area contributed by atoms with Gasteiger partial charge in [-0.15, -0.1) is 0 Å². The summed E-state index contributed by atoms with van der Waals surface area (Å²) >= 11 is 0. The molecule has 1 fully saturated rings. The smallest absolute Gasteiger partial charge is 0.119 e. The Morgan fingerprint density at radius 2 is 2.22 bits per heavy atom. The summed E-state index contributed by atoms with van der Waals surface area (Å²) in [5, 5.41) is 19.6. The summed E-state index contributed by atoms with van der Waals surface area (Å²) in [6.07, 6.45) is -0.251. The first-order valence-corrected chi connectivity index (χ1v) is 6.11. The quantitative estimate of drug-likeness (QED) is 0.884. The normalized spacial score (nSPS) is 24.5. The van der Waals surface area contributed by atoms with Crippen molar-refractivity contribution in [1.82, 2.24) is 0 Å². The van der Waals surface area contributed by atoms with Crippen molar-refractivity contribution in [3.63, 3.8) is 0 Å². The molecule has 0 saturated carbocycles. The van der Waals surface area contributed by atoms with Crippen molar-refractivity contribution >= 4 is 0 Å². The molecule has 1 aliphatic heterocycles. The van der Waals surface area contributed by atoms with Gasteiger partial charge < -0.3 is 14.6 Å². The fourth-order valence-electron chi connectivity index (χ4n) is 2.18. The molecule has 1 saturated heterocycles. The number of ether oxygens (including phenoxy) is 2. The average Bonchev–Trinajstić information content (AvgIpc) is 2.89. The Hall–Kier alpha value is -1.57. The molecule has 4 heteroatoms. The van der Waals surface area contributed by atoms with E-state index in [1.807, 2.05) is 19.1 Å². The highest BCUT2D eigenvalue weighted by Gasteiger charge is 2.42. The maximum atomic E-state index is 10.3. The zero-order chi connectivity index (χ0) is 13.0. The second-order valence-electron chi connectivity index (χ2n) is 4.48. The van der Waals surface area contributed by atoms with Crippen molar-refractivity contribution in [2.24, 2.45) is 5.41 Å². The third kappa shape index (κ3) is 2.33. The topological polar surface area (TPSA) is 62.5 Å². The predicted molar refractivity (Wildman–Crippen MR) is 66.1 cm³/mol. The average molecular weight is 247 g/mol. The van der Waals surface area contributed by atoms with Crippen LogP contribution in [0.3, 0.4) is 0 Å². The molecule has 1 aliphatic rings. The molecule has 96 valence electrons. The third-order valence-corrected chi connectivity index (χ3v) is 3.31. The summed E-state index contributed by atoms with van der Waals surface area (Å²) in [5.74, 6) is 0.766. The lowest BCUT2D eigenvalue weighted by atomic mass is 9.79. The highest BCUT2D eigenvalue weighted by molar-refractivity contribution is 5.31. The van der Waals surface area contributed by atoms with E-state index in [0.717, 1.165) is 11.3 Å². The van der Waals surface area contributed by atoms with E-state index in [4.69, 9.17) is 9.47 Å². The molecule has 2 atom stereocenters. The van der Waals surface area contributed by atoms with Gasteiger partial charge in [-0.2, -0.15) is 5.26 Å². The predicted octanol–water partition coefficient (Wildman–Crippen LogP) is 2.05. The molecule has 2 unspecified atom stereocenters. The number of hydrogen-bond acceptors (Lipinski definition) is 4. The monoisotopic (exact) mass is 247 g/mol. The minimum atomic E-state index is -0.819. The van der Waals surface area contributed by atoms with E-state index in [-0.39, 0.29) is 6.61 Å². The summed E-state index contributed by atoms with van der Waals surface area (Å²) in [4.78, 5) is 0. The number of aliphatic hydroxyl groups excluding tert-OH is 1. The van der Waals surface area contributed by atoms with Crippen LogP contribution in [-0.2, 0) is 4.74 Å². The van der Waals surface area contributed by atoms with E-state index in [1.54, 1.807) is 12.1 Å². The number of benzene rings is 1. The number of hydrogen-bond donors (Lipinski definition) is 1. The molecule has 0 spiro atoms. The van der Waals surface area contributed by atoms with Gasteiger partial charge in [0, 0.05) is 6.61 Å². The first-order chi connectivity index (χ1) is 8.72. The van der Waals surface area contributed by atoms with Gasteiger partial charge in [-0.3, -0.25) is 0 Å². The van der Waals surface area contributed by atoms with Crippen LogP contribution in [0, 0.1) is 16.7 Å². The summed E-state index contributed by atoms with van der Waals surface area (Å²) < 4.78 is 10.6. The van der Waals surface area contributed by atoms with E-state index >= 15 is 0 Å². The molecule has 0 amide bonds. The van der Waals surface area contributed by atoms with Crippen molar-refractivity contribution in [3.05, 3.63) is 29.8 Å². The number of nitriles is 1. The molecular formula is C14H17NO3. The van der Waals surface area contributed by atoms with Crippen LogP contribution in [0.4, 0.5) is 0 Å². The van der Waals surface area contributed by atoms with Gasteiger partial charge in [0.05, 0.1) is 25.4 Å². The fourth-order valence-corrected chi connectivity index (χ4v) is 2.18. The third-order valence-electron chi connectivity index (χ3n) is 3.31. The lowest BCUT2D eigenvalue weighted by Crippen LogP contribution is -2.27. The van der Waals surface area contributed by atoms with Crippen LogP contribution in [-0.4, -0.2) is 24.9 Å². The molecular weight excluding hydrogens is 230 g/mol. The molecule has 4 nitrogen and oxygen atoms in total. The van der Waals surface area contributed by atoms with E-state index in [2.05, 4.69) is 6.07 Å². The van der Waals surface area contributed by atoms with Gasteiger partial charge in [-0.25, -0.2) is 0 Å². The second-order valence-corrected chi connectivity index (χ2v) is 4.48. The zero-order valence-electron chi connectivity index (χ0n) is 10.4. The van der Waals surface area contributed by atoms with Gasteiger partial charge in [0.1, 0.15) is 11.2 Å². The van der Waals surface area contributed by atoms with Gasteiger partial charge in [-0.05, 0) is 31.0 Å². The van der Waals surface area contributed by atoms with Crippen molar-refractivity contribution in [2.75, 3.05) is 19.8 Å².